The van der Waals surface area contributed by atoms with Gasteiger partial charge in [-0.25, -0.2) is 4.79 Å². The van der Waals surface area contributed by atoms with Crippen LogP contribution in [0.5, 0.6) is 0 Å². The van der Waals surface area contributed by atoms with Crippen LogP contribution in [0, 0.1) is 13.8 Å². The Bertz CT molecular complexity index is 810. The second-order valence-electron chi connectivity index (χ2n) is 6.04. The third kappa shape index (κ3) is 4.07. The average molecular weight is 395 g/mol. The summed E-state index contributed by atoms with van der Waals surface area (Å²) in [4.78, 5) is 15.3. The minimum absolute atomic E-state index is 0.334. The van der Waals surface area contributed by atoms with Crippen LogP contribution < -0.4 is 5.32 Å². The summed E-state index contributed by atoms with van der Waals surface area (Å²) in [5, 5.41) is 8.90. The molecule has 2 rings (SSSR count). The maximum Gasteiger partial charge on any atom is 0.341 e. The van der Waals surface area contributed by atoms with E-state index >= 15 is 0 Å². The third-order valence-electron chi connectivity index (χ3n) is 4.43. The van der Waals surface area contributed by atoms with Crippen molar-refractivity contribution >= 4 is 39.6 Å². The molecule has 0 radical (unpaired) electrons. The van der Waals surface area contributed by atoms with Crippen LogP contribution in [0.15, 0.2) is 6.20 Å². The van der Waals surface area contributed by atoms with E-state index in [4.69, 9.17) is 17.0 Å². The molecule has 0 aromatic carbocycles. The highest BCUT2D eigenvalue weighted by atomic mass is 32.1. The number of thiocarbonyl (C=S) groups is 1. The van der Waals surface area contributed by atoms with E-state index in [2.05, 4.69) is 24.3 Å². The van der Waals surface area contributed by atoms with Crippen molar-refractivity contribution in [3.05, 3.63) is 33.5 Å². The molecule has 0 atom stereocenters. The first-order valence-electron chi connectivity index (χ1n) is 8.57. The summed E-state index contributed by atoms with van der Waals surface area (Å²) < 4.78 is 6.92. The molecule has 0 amide bonds. The number of anilines is 1. The zero-order valence-electron chi connectivity index (χ0n) is 16.2. The predicted molar refractivity (Wildman–Crippen MR) is 110 cm³/mol. The molecule has 0 spiro atoms. The predicted octanol–water partition coefficient (Wildman–Crippen LogP) is 3.76. The van der Waals surface area contributed by atoms with Crippen molar-refractivity contribution < 1.29 is 9.53 Å². The van der Waals surface area contributed by atoms with Gasteiger partial charge in [-0.15, -0.1) is 11.3 Å². The topological polar surface area (TPSA) is 59.4 Å². The second-order valence-corrected chi connectivity index (χ2v) is 7.65. The number of hydrogen-bond donors (Lipinski definition) is 1. The second kappa shape index (κ2) is 8.64. The van der Waals surface area contributed by atoms with Gasteiger partial charge in [0.05, 0.1) is 18.9 Å². The van der Waals surface area contributed by atoms with Crippen molar-refractivity contribution in [2.75, 3.05) is 19.5 Å². The van der Waals surface area contributed by atoms with Gasteiger partial charge in [-0.1, -0.05) is 6.92 Å². The maximum atomic E-state index is 12.2. The Kier molecular flexibility index (Phi) is 6.77. The fraction of sp³-hybridized carbons (Fsp3) is 0.500. The Morgan fingerprint density at radius 1 is 1.42 bits per heavy atom. The lowest BCUT2D eigenvalue weighted by molar-refractivity contribution is 0.0601. The Balaban J connectivity index is 2.18. The molecule has 0 aliphatic rings. The van der Waals surface area contributed by atoms with Gasteiger partial charge in [0.25, 0.3) is 0 Å². The van der Waals surface area contributed by atoms with Crippen molar-refractivity contribution in [2.24, 2.45) is 0 Å². The molecule has 2 aromatic heterocycles. The van der Waals surface area contributed by atoms with Crippen molar-refractivity contribution in [1.82, 2.24) is 14.7 Å². The maximum absolute atomic E-state index is 12.2. The summed E-state index contributed by atoms with van der Waals surface area (Å²) in [5.74, 6) is -0.334. The lowest BCUT2D eigenvalue weighted by atomic mass is 10.1. The SMILES string of the molecule is CCc1c(C)sc(NC(=S)N(C)Cc2cnn(CC)c2C)c1C(=O)OC. The number of hydrogen-bond acceptors (Lipinski definition) is 5. The quantitative estimate of drug-likeness (QED) is 0.595. The Morgan fingerprint density at radius 2 is 2.12 bits per heavy atom. The molecular weight excluding hydrogens is 368 g/mol. The van der Waals surface area contributed by atoms with Crippen LogP contribution in [0.3, 0.4) is 0 Å². The normalized spacial score (nSPS) is 10.7. The van der Waals surface area contributed by atoms with Gasteiger partial charge in [-0.2, -0.15) is 5.10 Å². The minimum atomic E-state index is -0.334. The molecule has 2 aromatic rings. The standard InChI is InChI=1S/C18H26N4O2S2/c1-7-14-12(4)26-16(15(14)17(23)24-6)20-18(25)21(5)10-13-9-19-22(8-2)11(13)3/h9H,7-8,10H2,1-6H3,(H,20,25). The van der Waals surface area contributed by atoms with Gasteiger partial charge in [-0.05, 0) is 45.0 Å². The van der Waals surface area contributed by atoms with Crippen LogP contribution in [0.2, 0.25) is 0 Å². The summed E-state index contributed by atoms with van der Waals surface area (Å²) in [5.41, 5.74) is 3.86. The van der Waals surface area contributed by atoms with Crippen molar-refractivity contribution in [1.29, 1.82) is 0 Å². The lowest BCUT2D eigenvalue weighted by Crippen LogP contribution is -2.31. The first-order chi connectivity index (χ1) is 12.3. The monoisotopic (exact) mass is 394 g/mol. The minimum Gasteiger partial charge on any atom is -0.465 e. The summed E-state index contributed by atoms with van der Waals surface area (Å²) in [6.45, 7) is 9.66. The van der Waals surface area contributed by atoms with E-state index in [9.17, 15) is 4.79 Å². The Labute approximate surface area is 164 Å². The highest BCUT2D eigenvalue weighted by Crippen LogP contribution is 2.34. The highest BCUT2D eigenvalue weighted by Gasteiger charge is 2.23. The lowest BCUT2D eigenvalue weighted by Gasteiger charge is -2.21. The molecule has 1 N–H and O–H groups in total. The van der Waals surface area contributed by atoms with Gasteiger partial charge in [0.2, 0.25) is 0 Å². The van der Waals surface area contributed by atoms with E-state index in [1.165, 1.54) is 18.4 Å². The van der Waals surface area contributed by atoms with E-state index < -0.39 is 0 Å². The van der Waals surface area contributed by atoms with Crippen LogP contribution in [-0.2, 0) is 24.2 Å². The van der Waals surface area contributed by atoms with Crippen LogP contribution in [-0.4, -0.2) is 39.9 Å². The fourth-order valence-electron chi connectivity index (χ4n) is 2.89. The molecule has 6 nitrogen and oxygen atoms in total. The summed E-state index contributed by atoms with van der Waals surface area (Å²) in [6.07, 6.45) is 2.65. The number of nitrogens with zero attached hydrogens (tertiary/aromatic N) is 3. The number of carbonyl (C=O) groups is 1. The first-order valence-corrected chi connectivity index (χ1v) is 9.80. The number of methoxy groups -OCH3 is 1. The smallest absolute Gasteiger partial charge is 0.341 e. The first kappa shape index (κ1) is 20.4. The number of carbonyl (C=O) groups excluding carboxylic acids is 1. The number of thiophene rings is 1. The number of nitrogens with one attached hydrogen (secondary N) is 1. The van der Waals surface area contributed by atoms with Gasteiger partial charge >= 0.3 is 5.97 Å². The van der Waals surface area contributed by atoms with Gasteiger partial charge in [-0.3, -0.25) is 4.68 Å². The average Bonchev–Trinajstić information content (AvgIpc) is 3.13. The summed E-state index contributed by atoms with van der Waals surface area (Å²) >= 11 is 7.08. The molecule has 0 saturated carbocycles. The Morgan fingerprint density at radius 3 is 2.65 bits per heavy atom. The van der Waals surface area contributed by atoms with Crippen LogP contribution in [0.4, 0.5) is 5.00 Å². The Hall–Kier alpha value is -1.93. The van der Waals surface area contributed by atoms with E-state index in [0.29, 0.717) is 17.2 Å². The molecule has 2 heterocycles. The fourth-order valence-corrected chi connectivity index (χ4v) is 4.25. The van der Waals surface area contributed by atoms with Gasteiger partial charge in [0.15, 0.2) is 5.11 Å². The number of aryl methyl sites for hydroxylation is 2. The van der Waals surface area contributed by atoms with Crippen molar-refractivity contribution in [3.8, 4) is 0 Å². The van der Waals surface area contributed by atoms with E-state index in [-0.39, 0.29) is 5.97 Å². The van der Waals surface area contributed by atoms with Crippen LogP contribution in [0.1, 0.15) is 45.9 Å². The summed E-state index contributed by atoms with van der Waals surface area (Å²) in [7, 11) is 3.33. The molecule has 0 aliphatic carbocycles. The number of ether oxygens (including phenoxy) is 1. The van der Waals surface area contributed by atoms with Gasteiger partial charge in [0, 0.05) is 36.3 Å². The third-order valence-corrected chi connectivity index (χ3v) is 5.91. The van der Waals surface area contributed by atoms with Crippen molar-refractivity contribution in [2.45, 2.75) is 47.2 Å². The van der Waals surface area contributed by atoms with E-state index in [1.54, 1.807) is 0 Å². The summed E-state index contributed by atoms with van der Waals surface area (Å²) in [6, 6.07) is 0. The van der Waals surface area contributed by atoms with Crippen LogP contribution in [0.25, 0.3) is 0 Å². The number of aromatic nitrogens is 2. The molecule has 8 heteroatoms. The van der Waals surface area contributed by atoms with Gasteiger partial charge < -0.3 is 15.0 Å². The molecular formula is C18H26N4O2S2. The largest absolute Gasteiger partial charge is 0.465 e. The van der Waals surface area contributed by atoms with E-state index in [0.717, 1.165) is 39.7 Å². The zero-order valence-corrected chi connectivity index (χ0v) is 17.8. The highest BCUT2D eigenvalue weighted by molar-refractivity contribution is 7.80. The molecule has 0 unspecified atom stereocenters. The molecule has 0 bridgehead atoms. The number of esters is 1. The van der Waals surface area contributed by atoms with Crippen LogP contribution >= 0.6 is 23.6 Å². The molecule has 0 aliphatic heterocycles. The molecule has 26 heavy (non-hydrogen) atoms. The van der Waals surface area contributed by atoms with Crippen molar-refractivity contribution in [3.63, 3.8) is 0 Å². The van der Waals surface area contributed by atoms with Gasteiger partial charge in [0.1, 0.15) is 5.00 Å². The molecule has 142 valence electrons. The zero-order chi connectivity index (χ0) is 19.4. The molecule has 0 saturated heterocycles. The van der Waals surface area contributed by atoms with E-state index in [1.807, 2.05) is 36.7 Å². The molecule has 0 fully saturated rings. The number of rotatable bonds is 6.